The van der Waals surface area contributed by atoms with E-state index in [1.54, 1.807) is 6.20 Å². The van der Waals surface area contributed by atoms with Gasteiger partial charge >= 0.3 is 0 Å². The van der Waals surface area contributed by atoms with E-state index in [1.807, 2.05) is 19.9 Å². The predicted octanol–water partition coefficient (Wildman–Crippen LogP) is 1.56. The molecule has 1 atom stereocenters. The van der Waals surface area contributed by atoms with Crippen LogP contribution in [0.3, 0.4) is 0 Å². The first-order valence-electron chi connectivity index (χ1n) is 4.41. The molecule has 13 heavy (non-hydrogen) atoms. The summed E-state index contributed by atoms with van der Waals surface area (Å²) in [5, 5.41) is 0. The fraction of sp³-hybridized carbons (Fsp3) is 0.500. The highest BCUT2D eigenvalue weighted by atomic mass is 16.1. The SMILES string of the molecule is CC1(C)C(=O)CC1c1ccncn1. The van der Waals surface area contributed by atoms with E-state index in [9.17, 15) is 4.79 Å². The topological polar surface area (TPSA) is 42.9 Å². The third-order valence-corrected chi connectivity index (χ3v) is 2.94. The Labute approximate surface area is 77.2 Å². The van der Waals surface area contributed by atoms with Gasteiger partial charge in [0.2, 0.25) is 0 Å². The summed E-state index contributed by atoms with van der Waals surface area (Å²) in [6, 6.07) is 1.89. The fourth-order valence-corrected chi connectivity index (χ4v) is 1.75. The van der Waals surface area contributed by atoms with Crippen LogP contribution in [-0.4, -0.2) is 15.8 Å². The molecule has 0 amide bonds. The molecule has 1 unspecified atom stereocenters. The van der Waals surface area contributed by atoms with Gasteiger partial charge in [0.25, 0.3) is 0 Å². The number of hydrogen-bond donors (Lipinski definition) is 0. The van der Waals surface area contributed by atoms with E-state index in [4.69, 9.17) is 0 Å². The van der Waals surface area contributed by atoms with Gasteiger partial charge in [-0.1, -0.05) is 13.8 Å². The lowest BCUT2D eigenvalue weighted by Crippen LogP contribution is -2.43. The molecular weight excluding hydrogens is 164 g/mol. The Bertz CT molecular complexity index is 332. The summed E-state index contributed by atoms with van der Waals surface area (Å²) in [6.45, 7) is 3.96. The molecule has 0 aromatic carbocycles. The highest BCUT2D eigenvalue weighted by Gasteiger charge is 2.48. The van der Waals surface area contributed by atoms with Crippen LogP contribution < -0.4 is 0 Å². The molecule has 1 aromatic rings. The predicted molar refractivity (Wildman–Crippen MR) is 48.2 cm³/mol. The Morgan fingerprint density at radius 2 is 2.31 bits per heavy atom. The molecule has 68 valence electrons. The zero-order valence-electron chi connectivity index (χ0n) is 7.82. The average Bonchev–Trinajstić information content (AvgIpc) is 2.15. The molecule has 0 N–H and O–H groups in total. The first-order chi connectivity index (χ1) is 6.12. The minimum atomic E-state index is -0.228. The number of rotatable bonds is 1. The molecule has 0 spiro atoms. The van der Waals surface area contributed by atoms with E-state index in [-0.39, 0.29) is 11.3 Å². The fourth-order valence-electron chi connectivity index (χ4n) is 1.75. The first kappa shape index (κ1) is 8.35. The second-order valence-electron chi connectivity index (χ2n) is 4.04. The van der Waals surface area contributed by atoms with Crippen LogP contribution in [0.1, 0.15) is 31.9 Å². The highest BCUT2D eigenvalue weighted by Crippen LogP contribution is 2.48. The molecule has 3 heteroatoms. The van der Waals surface area contributed by atoms with Gasteiger partial charge in [-0.3, -0.25) is 4.79 Å². The van der Waals surface area contributed by atoms with E-state index in [0.29, 0.717) is 12.2 Å². The van der Waals surface area contributed by atoms with Gasteiger partial charge in [-0.15, -0.1) is 0 Å². The van der Waals surface area contributed by atoms with Gasteiger partial charge in [0, 0.05) is 29.6 Å². The van der Waals surface area contributed by atoms with Gasteiger partial charge in [-0.2, -0.15) is 0 Å². The zero-order valence-corrected chi connectivity index (χ0v) is 7.82. The summed E-state index contributed by atoms with van der Waals surface area (Å²) in [5.41, 5.74) is 0.758. The van der Waals surface area contributed by atoms with Crippen LogP contribution in [0.25, 0.3) is 0 Å². The van der Waals surface area contributed by atoms with E-state index in [0.717, 1.165) is 5.69 Å². The normalized spacial score (nSPS) is 25.4. The number of hydrogen-bond acceptors (Lipinski definition) is 3. The van der Waals surface area contributed by atoms with Crippen molar-refractivity contribution in [1.82, 2.24) is 9.97 Å². The summed E-state index contributed by atoms with van der Waals surface area (Å²) in [7, 11) is 0. The lowest BCUT2D eigenvalue weighted by molar-refractivity contribution is -0.138. The van der Waals surface area contributed by atoms with Gasteiger partial charge in [-0.25, -0.2) is 9.97 Å². The van der Waals surface area contributed by atoms with Crippen molar-refractivity contribution >= 4 is 5.78 Å². The van der Waals surface area contributed by atoms with Gasteiger partial charge in [0.1, 0.15) is 12.1 Å². The second-order valence-corrected chi connectivity index (χ2v) is 4.04. The van der Waals surface area contributed by atoms with E-state index in [1.165, 1.54) is 6.33 Å². The minimum absolute atomic E-state index is 0.228. The van der Waals surface area contributed by atoms with Crippen molar-refractivity contribution in [3.8, 4) is 0 Å². The number of carbonyl (C=O) groups is 1. The van der Waals surface area contributed by atoms with E-state index < -0.39 is 0 Å². The standard InChI is InChI=1S/C10H12N2O/c1-10(2)7(5-9(10)13)8-3-4-11-6-12-8/h3-4,6-7H,5H2,1-2H3. The van der Waals surface area contributed by atoms with Gasteiger partial charge in [-0.05, 0) is 6.07 Å². The molecule has 0 aliphatic heterocycles. The maximum absolute atomic E-state index is 11.3. The smallest absolute Gasteiger partial charge is 0.139 e. The van der Waals surface area contributed by atoms with Crippen LogP contribution >= 0.6 is 0 Å². The third-order valence-electron chi connectivity index (χ3n) is 2.94. The van der Waals surface area contributed by atoms with Crippen molar-refractivity contribution in [2.45, 2.75) is 26.2 Å². The summed E-state index contributed by atoms with van der Waals surface area (Å²) in [6.07, 6.45) is 3.89. The summed E-state index contributed by atoms with van der Waals surface area (Å²) in [4.78, 5) is 19.3. The number of aromatic nitrogens is 2. The lowest BCUT2D eigenvalue weighted by Gasteiger charge is -2.41. The Morgan fingerprint density at radius 3 is 2.77 bits per heavy atom. The highest BCUT2D eigenvalue weighted by molar-refractivity contribution is 5.92. The summed E-state index contributed by atoms with van der Waals surface area (Å²) in [5.74, 6) is 0.610. The second kappa shape index (κ2) is 2.62. The van der Waals surface area contributed by atoms with Crippen LogP contribution in [0, 0.1) is 5.41 Å². The zero-order chi connectivity index (χ0) is 9.47. The number of Topliss-reactive ketones (excluding diaryl/α,β-unsaturated/α-hetero) is 1. The van der Waals surface area contributed by atoms with Crippen molar-refractivity contribution in [2.75, 3.05) is 0 Å². The van der Waals surface area contributed by atoms with E-state index >= 15 is 0 Å². The number of nitrogens with zero attached hydrogens (tertiary/aromatic N) is 2. The molecule has 2 rings (SSSR count). The Hall–Kier alpha value is -1.25. The molecule has 0 saturated heterocycles. The molecular formula is C10H12N2O. The van der Waals surface area contributed by atoms with Gasteiger partial charge < -0.3 is 0 Å². The maximum Gasteiger partial charge on any atom is 0.139 e. The first-order valence-corrected chi connectivity index (χ1v) is 4.41. The lowest BCUT2D eigenvalue weighted by atomic mass is 9.60. The minimum Gasteiger partial charge on any atom is -0.299 e. The quantitative estimate of drug-likeness (QED) is 0.652. The Morgan fingerprint density at radius 1 is 1.54 bits per heavy atom. The summed E-state index contributed by atoms with van der Waals surface area (Å²) >= 11 is 0. The molecule has 1 fully saturated rings. The monoisotopic (exact) mass is 176 g/mol. The van der Waals surface area contributed by atoms with Crippen LogP contribution in [0.5, 0.6) is 0 Å². The molecule has 1 aromatic heterocycles. The number of ketones is 1. The van der Waals surface area contributed by atoms with Crippen LogP contribution in [0.4, 0.5) is 0 Å². The summed E-state index contributed by atoms with van der Waals surface area (Å²) < 4.78 is 0. The third kappa shape index (κ3) is 1.15. The molecule has 0 bridgehead atoms. The molecule has 3 nitrogen and oxygen atoms in total. The Balaban J connectivity index is 2.27. The van der Waals surface area contributed by atoms with Crippen LogP contribution in [0.15, 0.2) is 18.6 Å². The van der Waals surface area contributed by atoms with Gasteiger partial charge in [0.15, 0.2) is 0 Å². The Kier molecular flexibility index (Phi) is 1.68. The molecule has 1 heterocycles. The molecule has 0 radical (unpaired) electrons. The van der Waals surface area contributed by atoms with Crippen molar-refractivity contribution in [1.29, 1.82) is 0 Å². The van der Waals surface area contributed by atoms with Crippen molar-refractivity contribution in [3.05, 3.63) is 24.3 Å². The average molecular weight is 176 g/mol. The van der Waals surface area contributed by atoms with Crippen molar-refractivity contribution in [2.24, 2.45) is 5.41 Å². The van der Waals surface area contributed by atoms with Crippen LogP contribution in [0.2, 0.25) is 0 Å². The van der Waals surface area contributed by atoms with Crippen molar-refractivity contribution in [3.63, 3.8) is 0 Å². The molecule has 1 saturated carbocycles. The largest absolute Gasteiger partial charge is 0.299 e. The van der Waals surface area contributed by atoms with Crippen LogP contribution in [-0.2, 0) is 4.79 Å². The van der Waals surface area contributed by atoms with Crippen molar-refractivity contribution < 1.29 is 4.79 Å². The van der Waals surface area contributed by atoms with E-state index in [2.05, 4.69) is 9.97 Å². The molecule has 1 aliphatic carbocycles. The number of carbonyl (C=O) groups excluding carboxylic acids is 1. The molecule has 1 aliphatic rings. The van der Waals surface area contributed by atoms with Gasteiger partial charge in [0.05, 0.1) is 0 Å². The maximum atomic E-state index is 11.3.